The molecule has 3 rings (SSSR count). The first-order valence-corrected chi connectivity index (χ1v) is 8.16. The minimum atomic E-state index is -1.24. The van der Waals surface area contributed by atoms with Crippen LogP contribution in [0, 0.1) is 5.82 Å². The maximum Gasteiger partial charge on any atom is 0.325 e. The third-order valence-electron chi connectivity index (χ3n) is 4.80. The number of halogens is 1. The first-order chi connectivity index (χ1) is 11.5. The average Bonchev–Trinajstić information content (AvgIpc) is 3.19. The van der Waals surface area contributed by atoms with Crippen molar-refractivity contribution in [2.24, 2.45) is 0 Å². The van der Waals surface area contributed by atoms with E-state index in [1.807, 2.05) is 0 Å². The molecule has 6 nitrogen and oxygen atoms in total. The van der Waals surface area contributed by atoms with Crippen molar-refractivity contribution in [1.29, 1.82) is 0 Å². The van der Waals surface area contributed by atoms with Crippen LogP contribution in [0.1, 0.15) is 31.7 Å². The summed E-state index contributed by atoms with van der Waals surface area (Å²) in [6.07, 6.45) is 2.21. The fourth-order valence-corrected chi connectivity index (χ4v) is 3.35. The molecule has 1 atom stereocenters. The summed E-state index contributed by atoms with van der Waals surface area (Å²) in [6, 6.07) is 4.90. The molecule has 0 spiro atoms. The van der Waals surface area contributed by atoms with E-state index in [0.29, 0.717) is 25.1 Å². The largest absolute Gasteiger partial charge is 0.341 e. The monoisotopic (exact) mass is 333 g/mol. The molecule has 0 bridgehead atoms. The second kappa shape index (κ2) is 6.22. The number of nitrogens with zero attached hydrogens (tertiary/aromatic N) is 2. The third kappa shape index (κ3) is 2.64. The molecular formula is C17H20FN3O3. The fourth-order valence-electron chi connectivity index (χ4n) is 3.35. The molecule has 1 N–H and O–H groups in total. The predicted molar refractivity (Wildman–Crippen MR) is 84.4 cm³/mol. The molecule has 2 heterocycles. The SMILES string of the molecule is CC[C@]1(c2ccc(F)cc2)NC(=O)N(CC(=O)N2CCCC2)C1=O. The lowest BCUT2D eigenvalue weighted by Gasteiger charge is -2.26. The van der Waals surface area contributed by atoms with Gasteiger partial charge >= 0.3 is 6.03 Å². The van der Waals surface area contributed by atoms with Crippen molar-refractivity contribution in [3.63, 3.8) is 0 Å². The molecule has 4 amide bonds. The Morgan fingerprint density at radius 1 is 1.21 bits per heavy atom. The molecule has 128 valence electrons. The van der Waals surface area contributed by atoms with Gasteiger partial charge in [0.15, 0.2) is 0 Å². The highest BCUT2D eigenvalue weighted by molar-refractivity contribution is 6.09. The molecule has 7 heteroatoms. The molecule has 0 aromatic heterocycles. The quantitative estimate of drug-likeness (QED) is 0.851. The molecule has 0 saturated carbocycles. The van der Waals surface area contributed by atoms with Gasteiger partial charge in [-0.1, -0.05) is 19.1 Å². The molecular weight excluding hydrogens is 313 g/mol. The number of likely N-dealkylation sites (tertiary alicyclic amines) is 1. The summed E-state index contributed by atoms with van der Waals surface area (Å²) in [4.78, 5) is 40.1. The number of imide groups is 1. The number of hydrogen-bond acceptors (Lipinski definition) is 3. The van der Waals surface area contributed by atoms with Gasteiger partial charge in [0.2, 0.25) is 5.91 Å². The summed E-state index contributed by atoms with van der Waals surface area (Å²) in [7, 11) is 0. The lowest BCUT2D eigenvalue weighted by Crippen LogP contribution is -2.45. The molecule has 2 saturated heterocycles. The Morgan fingerprint density at radius 3 is 2.42 bits per heavy atom. The zero-order valence-electron chi connectivity index (χ0n) is 13.5. The number of hydrogen-bond donors (Lipinski definition) is 1. The number of urea groups is 1. The van der Waals surface area contributed by atoms with Crippen LogP contribution in [0.4, 0.5) is 9.18 Å². The van der Waals surface area contributed by atoms with Crippen molar-refractivity contribution < 1.29 is 18.8 Å². The van der Waals surface area contributed by atoms with Crippen LogP contribution in [0.2, 0.25) is 0 Å². The third-order valence-corrected chi connectivity index (χ3v) is 4.80. The van der Waals surface area contributed by atoms with Gasteiger partial charge in [0.25, 0.3) is 5.91 Å². The zero-order chi connectivity index (χ0) is 17.3. The van der Waals surface area contributed by atoms with Gasteiger partial charge in [-0.05, 0) is 37.0 Å². The highest BCUT2D eigenvalue weighted by Crippen LogP contribution is 2.32. The number of carbonyl (C=O) groups is 3. The lowest BCUT2D eigenvalue weighted by atomic mass is 9.87. The number of rotatable bonds is 4. The van der Waals surface area contributed by atoms with E-state index >= 15 is 0 Å². The summed E-state index contributed by atoms with van der Waals surface area (Å²) in [5, 5.41) is 2.69. The molecule has 2 aliphatic rings. The topological polar surface area (TPSA) is 69.7 Å². The van der Waals surface area contributed by atoms with Crippen molar-refractivity contribution in [3.05, 3.63) is 35.6 Å². The molecule has 0 unspecified atom stereocenters. The minimum absolute atomic E-state index is 0.220. The molecule has 0 aliphatic carbocycles. The smallest absolute Gasteiger partial charge is 0.325 e. The highest BCUT2D eigenvalue weighted by Gasteiger charge is 2.51. The molecule has 0 radical (unpaired) electrons. The van der Waals surface area contributed by atoms with Gasteiger partial charge in [-0.3, -0.25) is 14.5 Å². The van der Waals surface area contributed by atoms with E-state index in [9.17, 15) is 18.8 Å². The fraction of sp³-hybridized carbons (Fsp3) is 0.471. The van der Waals surface area contributed by atoms with Crippen molar-refractivity contribution in [2.45, 2.75) is 31.7 Å². The Balaban J connectivity index is 1.83. The van der Waals surface area contributed by atoms with Crippen LogP contribution < -0.4 is 5.32 Å². The highest BCUT2D eigenvalue weighted by atomic mass is 19.1. The van der Waals surface area contributed by atoms with Crippen molar-refractivity contribution in [2.75, 3.05) is 19.6 Å². The Labute approximate surface area is 139 Å². The van der Waals surface area contributed by atoms with Crippen LogP contribution >= 0.6 is 0 Å². The normalized spacial score (nSPS) is 23.8. The van der Waals surface area contributed by atoms with Crippen LogP contribution in [0.3, 0.4) is 0 Å². The molecule has 2 aliphatic heterocycles. The van der Waals surface area contributed by atoms with E-state index in [2.05, 4.69) is 5.32 Å². The summed E-state index contributed by atoms with van der Waals surface area (Å²) < 4.78 is 13.2. The average molecular weight is 333 g/mol. The van der Waals surface area contributed by atoms with E-state index in [-0.39, 0.29) is 12.5 Å². The summed E-state index contributed by atoms with van der Waals surface area (Å²) >= 11 is 0. The Bertz CT molecular complexity index is 670. The lowest BCUT2D eigenvalue weighted by molar-refractivity contribution is -0.138. The van der Waals surface area contributed by atoms with Crippen molar-refractivity contribution in [3.8, 4) is 0 Å². The molecule has 24 heavy (non-hydrogen) atoms. The minimum Gasteiger partial charge on any atom is -0.341 e. The second-order valence-corrected chi connectivity index (χ2v) is 6.18. The first kappa shape index (κ1) is 16.4. The molecule has 2 fully saturated rings. The number of carbonyl (C=O) groups excluding carboxylic acids is 3. The predicted octanol–water partition coefficient (Wildman–Crippen LogP) is 1.61. The standard InChI is InChI=1S/C17H20FN3O3/c1-2-17(12-5-7-13(18)8-6-12)15(23)21(16(24)19-17)11-14(22)20-9-3-4-10-20/h5-8H,2-4,9-11H2,1H3,(H,19,24)/t17-/m1/s1. The van der Waals surface area contributed by atoms with Crippen LogP contribution in [-0.2, 0) is 15.1 Å². The summed E-state index contributed by atoms with van der Waals surface area (Å²) in [6.45, 7) is 2.85. The van der Waals surface area contributed by atoms with Crippen LogP contribution in [0.25, 0.3) is 0 Å². The van der Waals surface area contributed by atoms with Gasteiger partial charge in [-0.15, -0.1) is 0 Å². The second-order valence-electron chi connectivity index (χ2n) is 6.18. The van der Waals surface area contributed by atoms with E-state index in [0.717, 1.165) is 17.7 Å². The van der Waals surface area contributed by atoms with Crippen molar-refractivity contribution in [1.82, 2.24) is 15.1 Å². The first-order valence-electron chi connectivity index (χ1n) is 8.16. The van der Waals surface area contributed by atoms with Gasteiger partial charge in [0.1, 0.15) is 17.9 Å². The van der Waals surface area contributed by atoms with Gasteiger partial charge < -0.3 is 10.2 Å². The van der Waals surface area contributed by atoms with Crippen LogP contribution in [0.5, 0.6) is 0 Å². The van der Waals surface area contributed by atoms with E-state index in [4.69, 9.17) is 0 Å². The molecule has 1 aromatic rings. The van der Waals surface area contributed by atoms with Crippen LogP contribution in [0.15, 0.2) is 24.3 Å². The maximum absolute atomic E-state index is 13.2. The summed E-state index contributed by atoms with van der Waals surface area (Å²) in [5.41, 5.74) is -0.725. The van der Waals surface area contributed by atoms with Crippen LogP contribution in [-0.4, -0.2) is 47.3 Å². The van der Waals surface area contributed by atoms with Gasteiger partial charge in [-0.2, -0.15) is 0 Å². The van der Waals surface area contributed by atoms with E-state index in [1.165, 1.54) is 24.3 Å². The number of benzene rings is 1. The zero-order valence-corrected chi connectivity index (χ0v) is 13.5. The van der Waals surface area contributed by atoms with E-state index in [1.54, 1.807) is 11.8 Å². The number of nitrogens with one attached hydrogen (secondary N) is 1. The molecule has 1 aromatic carbocycles. The maximum atomic E-state index is 13.2. The Hall–Kier alpha value is -2.44. The van der Waals surface area contributed by atoms with Gasteiger partial charge in [0, 0.05) is 13.1 Å². The Kier molecular flexibility index (Phi) is 4.26. The number of amides is 4. The summed E-state index contributed by atoms with van der Waals surface area (Å²) in [5.74, 6) is -1.10. The van der Waals surface area contributed by atoms with Crippen molar-refractivity contribution >= 4 is 17.8 Å². The Morgan fingerprint density at radius 2 is 1.83 bits per heavy atom. The van der Waals surface area contributed by atoms with Gasteiger partial charge in [0.05, 0.1) is 0 Å². The van der Waals surface area contributed by atoms with E-state index < -0.39 is 23.3 Å². The van der Waals surface area contributed by atoms with Gasteiger partial charge in [-0.25, -0.2) is 9.18 Å².